The topological polar surface area (TPSA) is 85.2 Å². The summed E-state index contributed by atoms with van der Waals surface area (Å²) < 4.78 is 0. The summed E-state index contributed by atoms with van der Waals surface area (Å²) >= 11 is 1.51. The molecule has 7 heteroatoms. The number of rotatable bonds is 5. The number of thiophene rings is 1. The van der Waals surface area contributed by atoms with Gasteiger partial charge >= 0.3 is 0 Å². The third-order valence-electron chi connectivity index (χ3n) is 4.83. The Labute approximate surface area is 162 Å². The molecule has 2 heterocycles. The first-order chi connectivity index (χ1) is 13.1. The fourth-order valence-corrected chi connectivity index (χ4v) is 3.81. The molecule has 2 N–H and O–H groups in total. The molecule has 1 unspecified atom stereocenters. The molecule has 1 aliphatic rings. The van der Waals surface area contributed by atoms with Crippen molar-refractivity contribution >= 4 is 28.8 Å². The Balaban J connectivity index is 1.49. The summed E-state index contributed by atoms with van der Waals surface area (Å²) in [6.45, 7) is 3.39. The molecule has 1 fully saturated rings. The highest BCUT2D eigenvalue weighted by atomic mass is 32.1. The zero-order valence-corrected chi connectivity index (χ0v) is 16.0. The van der Waals surface area contributed by atoms with Crippen molar-refractivity contribution in [1.29, 1.82) is 5.26 Å². The van der Waals surface area contributed by atoms with Gasteiger partial charge in [0.1, 0.15) is 0 Å². The second-order valence-corrected chi connectivity index (χ2v) is 7.43. The largest absolute Gasteiger partial charge is 0.349 e. The molecule has 3 rings (SSSR count). The first-order valence-electron chi connectivity index (χ1n) is 8.95. The summed E-state index contributed by atoms with van der Waals surface area (Å²) in [7, 11) is 0. The molecule has 0 saturated carbocycles. The Morgan fingerprint density at radius 2 is 2.07 bits per heavy atom. The van der Waals surface area contributed by atoms with Crippen LogP contribution >= 0.6 is 11.3 Å². The zero-order valence-electron chi connectivity index (χ0n) is 15.1. The lowest BCUT2D eigenvalue weighted by molar-refractivity contribution is -0.121. The van der Waals surface area contributed by atoms with Crippen LogP contribution < -0.4 is 10.6 Å². The molecule has 1 aromatic heterocycles. The first-order valence-corrected chi connectivity index (χ1v) is 9.89. The average molecular weight is 382 g/mol. The van der Waals surface area contributed by atoms with Crippen LogP contribution in [0.25, 0.3) is 0 Å². The van der Waals surface area contributed by atoms with Crippen LogP contribution in [0.2, 0.25) is 0 Å². The van der Waals surface area contributed by atoms with Crippen molar-refractivity contribution in [3.63, 3.8) is 0 Å². The average Bonchev–Trinajstić information content (AvgIpc) is 3.23. The van der Waals surface area contributed by atoms with Crippen LogP contribution in [-0.2, 0) is 4.79 Å². The summed E-state index contributed by atoms with van der Waals surface area (Å²) in [6, 6.07) is 10.6. The number of likely N-dealkylation sites (tertiary alicyclic amines) is 1. The zero-order chi connectivity index (χ0) is 19.2. The van der Waals surface area contributed by atoms with Gasteiger partial charge in [-0.3, -0.25) is 14.5 Å². The first kappa shape index (κ1) is 19.1. The summed E-state index contributed by atoms with van der Waals surface area (Å²) in [5.74, 6) is -0.122. The molecule has 1 aromatic carbocycles. The van der Waals surface area contributed by atoms with Gasteiger partial charge in [-0.05, 0) is 49.4 Å². The van der Waals surface area contributed by atoms with Crippen molar-refractivity contribution in [2.75, 3.05) is 18.4 Å². The Morgan fingerprint density at radius 3 is 2.74 bits per heavy atom. The van der Waals surface area contributed by atoms with Gasteiger partial charge in [0.15, 0.2) is 0 Å². The minimum absolute atomic E-state index is 0.0298. The minimum Gasteiger partial charge on any atom is -0.349 e. The monoisotopic (exact) mass is 382 g/mol. The number of carbonyl (C=O) groups excluding carboxylic acids is 2. The number of nitrogens with zero attached hydrogens (tertiary/aromatic N) is 2. The van der Waals surface area contributed by atoms with Crippen LogP contribution in [0.15, 0.2) is 41.1 Å². The van der Waals surface area contributed by atoms with E-state index in [-0.39, 0.29) is 23.9 Å². The van der Waals surface area contributed by atoms with Gasteiger partial charge in [0.2, 0.25) is 5.91 Å². The van der Waals surface area contributed by atoms with Crippen molar-refractivity contribution in [3.05, 3.63) is 52.2 Å². The third-order valence-corrected chi connectivity index (χ3v) is 5.52. The molecule has 0 bridgehead atoms. The smallest absolute Gasteiger partial charge is 0.252 e. The Bertz CT molecular complexity index is 836. The maximum Gasteiger partial charge on any atom is 0.252 e. The molecule has 2 aromatic rings. The summed E-state index contributed by atoms with van der Waals surface area (Å²) in [6.07, 6.45) is 1.63. The lowest BCUT2D eigenvalue weighted by Gasteiger charge is -2.35. The maximum absolute atomic E-state index is 12.5. The van der Waals surface area contributed by atoms with Gasteiger partial charge in [-0.1, -0.05) is 6.07 Å². The molecule has 2 amide bonds. The van der Waals surface area contributed by atoms with Gasteiger partial charge < -0.3 is 10.6 Å². The minimum atomic E-state index is -0.274. The highest BCUT2D eigenvalue weighted by Crippen LogP contribution is 2.17. The molecule has 140 valence electrons. The molecule has 1 atom stereocenters. The SMILES string of the molecule is CC(C(=O)Nc1cccc(C#N)c1)N1CCC(NC(=O)c2ccsc2)CC1. The summed E-state index contributed by atoms with van der Waals surface area (Å²) in [4.78, 5) is 26.8. The van der Waals surface area contributed by atoms with Crippen LogP contribution in [0, 0.1) is 11.3 Å². The van der Waals surface area contributed by atoms with Gasteiger partial charge in [0, 0.05) is 35.8 Å². The standard InChI is InChI=1S/C20H22N4O2S/c1-14(19(25)23-18-4-2-3-15(11-18)12-21)24-8-5-17(6-9-24)22-20(26)16-7-10-27-13-16/h2-4,7,10-11,13-14,17H,5-6,8-9H2,1H3,(H,22,26)(H,23,25). The number of carbonyl (C=O) groups is 2. The number of anilines is 1. The van der Waals surface area contributed by atoms with Gasteiger partial charge in [-0.2, -0.15) is 16.6 Å². The van der Waals surface area contributed by atoms with Crippen LogP contribution in [0.5, 0.6) is 0 Å². The van der Waals surface area contributed by atoms with E-state index in [4.69, 9.17) is 5.26 Å². The van der Waals surface area contributed by atoms with Gasteiger partial charge in [0.05, 0.1) is 17.7 Å². The number of hydrogen-bond donors (Lipinski definition) is 2. The van der Waals surface area contributed by atoms with Crippen molar-refractivity contribution in [2.45, 2.75) is 31.8 Å². The predicted octanol–water partition coefficient (Wildman–Crippen LogP) is 2.84. The van der Waals surface area contributed by atoms with Crippen molar-refractivity contribution < 1.29 is 9.59 Å². The molecule has 0 radical (unpaired) electrons. The van der Waals surface area contributed by atoms with E-state index in [1.54, 1.807) is 24.3 Å². The molecular formula is C20H22N4O2S. The lowest BCUT2D eigenvalue weighted by Crippen LogP contribution is -2.50. The number of nitrogens with one attached hydrogen (secondary N) is 2. The highest BCUT2D eigenvalue weighted by molar-refractivity contribution is 7.08. The molecule has 27 heavy (non-hydrogen) atoms. The number of piperidine rings is 1. The second-order valence-electron chi connectivity index (χ2n) is 6.65. The van der Waals surface area contributed by atoms with Gasteiger partial charge in [0.25, 0.3) is 5.91 Å². The van der Waals surface area contributed by atoms with E-state index in [1.807, 2.05) is 23.8 Å². The molecule has 0 spiro atoms. The van der Waals surface area contributed by atoms with E-state index in [0.717, 1.165) is 25.9 Å². The molecule has 0 aliphatic carbocycles. The number of hydrogen-bond acceptors (Lipinski definition) is 5. The Kier molecular flexibility index (Phi) is 6.22. The molecule has 6 nitrogen and oxygen atoms in total. The van der Waals surface area contributed by atoms with E-state index in [0.29, 0.717) is 16.8 Å². The normalized spacial score (nSPS) is 16.3. The molecule has 1 saturated heterocycles. The van der Waals surface area contributed by atoms with Crippen LogP contribution in [0.1, 0.15) is 35.7 Å². The third kappa shape index (κ3) is 4.94. The van der Waals surface area contributed by atoms with E-state index in [1.165, 1.54) is 11.3 Å². The lowest BCUT2D eigenvalue weighted by atomic mass is 10.0. The van der Waals surface area contributed by atoms with E-state index >= 15 is 0 Å². The number of benzene rings is 1. The van der Waals surface area contributed by atoms with Crippen molar-refractivity contribution in [3.8, 4) is 6.07 Å². The van der Waals surface area contributed by atoms with Gasteiger partial charge in [-0.25, -0.2) is 0 Å². The van der Waals surface area contributed by atoms with Crippen molar-refractivity contribution in [2.24, 2.45) is 0 Å². The van der Waals surface area contributed by atoms with Crippen LogP contribution in [0.3, 0.4) is 0 Å². The van der Waals surface area contributed by atoms with E-state index < -0.39 is 0 Å². The van der Waals surface area contributed by atoms with Crippen LogP contribution in [0.4, 0.5) is 5.69 Å². The van der Waals surface area contributed by atoms with E-state index in [9.17, 15) is 9.59 Å². The highest BCUT2D eigenvalue weighted by Gasteiger charge is 2.27. The predicted molar refractivity (Wildman–Crippen MR) is 106 cm³/mol. The number of nitriles is 1. The van der Waals surface area contributed by atoms with Crippen LogP contribution in [-0.4, -0.2) is 41.9 Å². The molecule has 1 aliphatic heterocycles. The molecular weight excluding hydrogens is 360 g/mol. The maximum atomic E-state index is 12.5. The summed E-state index contributed by atoms with van der Waals surface area (Å²) in [5.41, 5.74) is 1.85. The fraction of sp³-hybridized carbons (Fsp3) is 0.350. The quantitative estimate of drug-likeness (QED) is 0.833. The number of amides is 2. The fourth-order valence-electron chi connectivity index (χ4n) is 3.17. The Morgan fingerprint density at radius 1 is 1.30 bits per heavy atom. The van der Waals surface area contributed by atoms with Crippen molar-refractivity contribution in [1.82, 2.24) is 10.2 Å². The van der Waals surface area contributed by atoms with E-state index in [2.05, 4.69) is 21.6 Å². The summed E-state index contributed by atoms with van der Waals surface area (Å²) in [5, 5.41) is 18.6. The van der Waals surface area contributed by atoms with Gasteiger partial charge in [-0.15, -0.1) is 0 Å². The second kappa shape index (κ2) is 8.80. The Hall–Kier alpha value is -2.69.